The van der Waals surface area contributed by atoms with Crippen LogP contribution in [0, 0.1) is 11.6 Å². The lowest BCUT2D eigenvalue weighted by molar-refractivity contribution is 0.0734. The average molecular weight is 463 g/mol. The van der Waals surface area contributed by atoms with Crippen molar-refractivity contribution < 1.29 is 18.3 Å². The van der Waals surface area contributed by atoms with Crippen LogP contribution in [0.2, 0.25) is 5.02 Å². The molecule has 0 N–H and O–H groups in total. The number of rotatable bonds is 6. The minimum Gasteiger partial charge on any atom is -0.423 e. The first-order valence-electron chi connectivity index (χ1n) is 10.5. The van der Waals surface area contributed by atoms with Gasteiger partial charge in [-0.25, -0.2) is 13.6 Å². The minimum atomic E-state index is -0.989. The van der Waals surface area contributed by atoms with E-state index in [0.29, 0.717) is 5.92 Å². The van der Waals surface area contributed by atoms with Crippen LogP contribution in [0.3, 0.4) is 0 Å². The Morgan fingerprint density at radius 1 is 0.848 bits per heavy atom. The topological polar surface area (TPSA) is 26.3 Å². The molecule has 0 radical (unpaired) electrons. The lowest BCUT2D eigenvalue weighted by atomic mass is 9.93. The SMILES string of the molecule is C[C@@H](Cc1ccc(-c2ccc(C(=O)Oc3cc(F)c(Cl)c(F)c3)cc2)cc1)c1ccccc1. The standard InChI is InChI=1S/C28H21ClF2O2/c1-18(20-5-3-2-4-6-20)15-19-7-9-21(10-8-19)22-11-13-23(14-12-22)28(32)33-24-16-25(30)27(29)26(31)17-24/h2-14,16-18H,15H2,1H3/t18-/m0/s1. The Bertz CT molecular complexity index is 1230. The molecule has 0 bridgehead atoms. The Labute approximate surface area is 196 Å². The molecular weight excluding hydrogens is 442 g/mol. The predicted molar refractivity (Wildman–Crippen MR) is 127 cm³/mol. The molecule has 0 aromatic heterocycles. The fourth-order valence-corrected chi connectivity index (χ4v) is 3.75. The number of carbonyl (C=O) groups excluding carboxylic acids is 1. The van der Waals surface area contributed by atoms with Gasteiger partial charge in [-0.05, 0) is 46.7 Å². The summed E-state index contributed by atoms with van der Waals surface area (Å²) in [4.78, 5) is 12.3. The van der Waals surface area contributed by atoms with E-state index < -0.39 is 22.6 Å². The third-order valence-corrected chi connectivity index (χ3v) is 5.85. The molecule has 0 fully saturated rings. The molecule has 4 aromatic rings. The van der Waals surface area contributed by atoms with Crippen LogP contribution in [0.5, 0.6) is 5.75 Å². The number of carbonyl (C=O) groups is 1. The summed E-state index contributed by atoms with van der Waals surface area (Å²) in [6.07, 6.45) is 0.945. The highest BCUT2D eigenvalue weighted by atomic mass is 35.5. The summed E-state index contributed by atoms with van der Waals surface area (Å²) < 4.78 is 32.2. The van der Waals surface area contributed by atoms with Gasteiger partial charge in [0.15, 0.2) is 0 Å². The molecule has 0 spiro atoms. The molecule has 0 amide bonds. The van der Waals surface area contributed by atoms with Crippen LogP contribution in [0.1, 0.15) is 34.3 Å². The fraction of sp³-hybridized carbons (Fsp3) is 0.107. The maximum Gasteiger partial charge on any atom is 0.343 e. The number of hydrogen-bond acceptors (Lipinski definition) is 2. The number of benzene rings is 4. The third kappa shape index (κ3) is 5.47. The van der Waals surface area contributed by atoms with E-state index in [1.54, 1.807) is 24.3 Å². The molecule has 4 rings (SSSR count). The van der Waals surface area contributed by atoms with Crippen LogP contribution in [0.4, 0.5) is 8.78 Å². The van der Waals surface area contributed by atoms with Crippen molar-refractivity contribution in [1.29, 1.82) is 0 Å². The van der Waals surface area contributed by atoms with Gasteiger partial charge in [-0.15, -0.1) is 0 Å². The second-order valence-electron chi connectivity index (χ2n) is 7.88. The first-order chi connectivity index (χ1) is 15.9. The van der Waals surface area contributed by atoms with Gasteiger partial charge in [-0.1, -0.05) is 85.3 Å². The Hall–Kier alpha value is -3.50. The van der Waals surface area contributed by atoms with Gasteiger partial charge >= 0.3 is 5.97 Å². The fourth-order valence-electron chi connectivity index (χ4n) is 3.64. The number of halogens is 3. The number of hydrogen-bond donors (Lipinski definition) is 0. The molecule has 0 saturated heterocycles. The third-order valence-electron chi connectivity index (χ3n) is 5.49. The van der Waals surface area contributed by atoms with Crippen molar-refractivity contribution in [3.8, 4) is 16.9 Å². The maximum atomic E-state index is 13.6. The van der Waals surface area contributed by atoms with E-state index in [-0.39, 0.29) is 11.3 Å². The van der Waals surface area contributed by atoms with Crippen LogP contribution in [-0.2, 0) is 6.42 Å². The highest BCUT2D eigenvalue weighted by Crippen LogP contribution is 2.27. The molecule has 2 nitrogen and oxygen atoms in total. The van der Waals surface area contributed by atoms with E-state index in [9.17, 15) is 13.6 Å². The Morgan fingerprint density at radius 3 is 1.97 bits per heavy atom. The second kappa shape index (κ2) is 9.97. The summed E-state index contributed by atoms with van der Waals surface area (Å²) in [5.74, 6) is -2.52. The van der Waals surface area contributed by atoms with Gasteiger partial charge in [-0.3, -0.25) is 0 Å². The first kappa shape index (κ1) is 22.7. The molecule has 0 aliphatic carbocycles. The van der Waals surface area contributed by atoms with E-state index in [1.165, 1.54) is 11.1 Å². The average Bonchev–Trinajstić information content (AvgIpc) is 2.83. The van der Waals surface area contributed by atoms with E-state index in [0.717, 1.165) is 29.7 Å². The van der Waals surface area contributed by atoms with E-state index in [2.05, 4.69) is 55.5 Å². The Balaban J connectivity index is 1.42. The van der Waals surface area contributed by atoms with E-state index in [4.69, 9.17) is 16.3 Å². The van der Waals surface area contributed by atoms with E-state index in [1.807, 2.05) is 6.07 Å². The van der Waals surface area contributed by atoms with Gasteiger partial charge in [-0.2, -0.15) is 0 Å². The lowest BCUT2D eigenvalue weighted by Crippen LogP contribution is -2.08. The molecule has 0 saturated carbocycles. The molecule has 4 aromatic carbocycles. The van der Waals surface area contributed by atoms with Gasteiger partial charge in [0.2, 0.25) is 0 Å². The minimum absolute atomic E-state index is 0.246. The van der Waals surface area contributed by atoms with Crippen molar-refractivity contribution in [2.24, 2.45) is 0 Å². The van der Waals surface area contributed by atoms with Gasteiger partial charge in [0.05, 0.1) is 5.56 Å². The molecule has 5 heteroatoms. The van der Waals surface area contributed by atoms with Gasteiger partial charge in [0.1, 0.15) is 22.4 Å². The number of ether oxygens (including phenoxy) is 1. The largest absolute Gasteiger partial charge is 0.423 e. The summed E-state index contributed by atoms with van der Waals surface area (Å²) in [7, 11) is 0. The van der Waals surface area contributed by atoms with Crippen LogP contribution in [0.25, 0.3) is 11.1 Å². The maximum absolute atomic E-state index is 13.6. The van der Waals surface area contributed by atoms with Gasteiger partial charge < -0.3 is 4.74 Å². The summed E-state index contributed by atoms with van der Waals surface area (Å²) in [5, 5.41) is -0.639. The Morgan fingerprint density at radius 2 is 1.39 bits per heavy atom. The van der Waals surface area contributed by atoms with Crippen molar-refractivity contribution in [1.82, 2.24) is 0 Å². The van der Waals surface area contributed by atoms with Crippen LogP contribution in [0.15, 0.2) is 91.0 Å². The molecular formula is C28H21ClF2O2. The van der Waals surface area contributed by atoms with Crippen molar-refractivity contribution in [3.05, 3.63) is 124 Å². The normalized spacial score (nSPS) is 11.8. The zero-order chi connectivity index (χ0) is 23.4. The Kier molecular flexibility index (Phi) is 6.85. The molecule has 1 atom stereocenters. The zero-order valence-corrected chi connectivity index (χ0v) is 18.7. The molecule has 0 aliphatic heterocycles. The molecule has 0 heterocycles. The summed E-state index contributed by atoms with van der Waals surface area (Å²) in [5.41, 5.74) is 4.79. The predicted octanol–water partition coefficient (Wildman–Crippen LogP) is 7.85. The zero-order valence-electron chi connectivity index (χ0n) is 17.9. The van der Waals surface area contributed by atoms with Crippen molar-refractivity contribution in [3.63, 3.8) is 0 Å². The molecule has 166 valence electrons. The van der Waals surface area contributed by atoms with Gasteiger partial charge in [0.25, 0.3) is 0 Å². The quantitative estimate of drug-likeness (QED) is 0.166. The highest BCUT2D eigenvalue weighted by molar-refractivity contribution is 6.30. The van der Waals surface area contributed by atoms with Crippen LogP contribution < -0.4 is 4.74 Å². The van der Waals surface area contributed by atoms with Crippen molar-refractivity contribution >= 4 is 17.6 Å². The number of esters is 1. The van der Waals surface area contributed by atoms with Gasteiger partial charge in [0, 0.05) is 12.1 Å². The highest BCUT2D eigenvalue weighted by Gasteiger charge is 2.14. The monoisotopic (exact) mass is 462 g/mol. The molecule has 0 unspecified atom stereocenters. The first-order valence-corrected chi connectivity index (χ1v) is 10.9. The molecule has 0 aliphatic rings. The molecule has 33 heavy (non-hydrogen) atoms. The lowest BCUT2D eigenvalue weighted by Gasteiger charge is -2.12. The van der Waals surface area contributed by atoms with Crippen molar-refractivity contribution in [2.75, 3.05) is 0 Å². The van der Waals surface area contributed by atoms with Crippen molar-refractivity contribution in [2.45, 2.75) is 19.3 Å². The van der Waals surface area contributed by atoms with Crippen LogP contribution in [-0.4, -0.2) is 5.97 Å². The summed E-state index contributed by atoms with van der Waals surface area (Å²) in [6.45, 7) is 2.22. The van der Waals surface area contributed by atoms with Crippen LogP contribution >= 0.6 is 11.6 Å². The summed E-state index contributed by atoms with van der Waals surface area (Å²) >= 11 is 5.45. The smallest absolute Gasteiger partial charge is 0.343 e. The van der Waals surface area contributed by atoms with E-state index >= 15 is 0 Å². The summed E-state index contributed by atoms with van der Waals surface area (Å²) in [6, 6.07) is 27.3. The second-order valence-corrected chi connectivity index (χ2v) is 8.26.